The minimum absolute atomic E-state index is 0.291. The number of nitrogens with two attached hydrogens (primary N) is 1. The number of hydrogen-bond donors (Lipinski definition) is 1. The van der Waals surface area contributed by atoms with Gasteiger partial charge in [0, 0.05) is 43.3 Å². The van der Waals surface area contributed by atoms with Gasteiger partial charge in [-0.25, -0.2) is 0 Å². The van der Waals surface area contributed by atoms with Gasteiger partial charge in [0.1, 0.15) is 5.82 Å². The Morgan fingerprint density at radius 1 is 1.32 bits per heavy atom. The second-order valence-electron chi connectivity index (χ2n) is 4.79. The Bertz CT molecular complexity index is 566. The van der Waals surface area contributed by atoms with E-state index in [1.54, 1.807) is 0 Å². The Balaban J connectivity index is 2.24. The lowest BCUT2D eigenvalue weighted by Crippen LogP contribution is -2.08. The van der Waals surface area contributed by atoms with Crippen molar-refractivity contribution in [1.82, 2.24) is 9.36 Å². The molecule has 0 saturated carbocycles. The highest BCUT2D eigenvalue weighted by atomic mass is 32.1. The van der Waals surface area contributed by atoms with Crippen LogP contribution in [0.25, 0.3) is 0 Å². The summed E-state index contributed by atoms with van der Waals surface area (Å²) in [4.78, 5) is 6.33. The summed E-state index contributed by atoms with van der Waals surface area (Å²) >= 11 is 1.24. The second-order valence-corrected chi connectivity index (χ2v) is 5.51. The van der Waals surface area contributed by atoms with Gasteiger partial charge >= 0.3 is 0 Å². The van der Waals surface area contributed by atoms with Crippen LogP contribution in [0, 0.1) is 0 Å². The number of rotatable bonds is 4. The molecule has 6 heteroatoms. The average molecular weight is 278 g/mol. The van der Waals surface area contributed by atoms with E-state index in [-0.39, 0.29) is 0 Å². The number of aromatic nitrogens is 2. The third-order valence-electron chi connectivity index (χ3n) is 2.65. The number of nitrogens with zero attached hydrogens (tertiary/aromatic N) is 3. The van der Waals surface area contributed by atoms with Crippen LogP contribution in [0.4, 0.5) is 11.4 Å². The normalized spacial score (nSPS) is 10.8. The quantitative estimate of drug-likeness (QED) is 0.871. The maximum Gasteiger partial charge on any atom is 0.298 e. The zero-order valence-corrected chi connectivity index (χ0v) is 12.4. The summed E-state index contributed by atoms with van der Waals surface area (Å²) in [5.41, 5.74) is 7.53. The van der Waals surface area contributed by atoms with E-state index in [4.69, 9.17) is 10.5 Å². The van der Waals surface area contributed by atoms with Gasteiger partial charge in [-0.1, -0.05) is 13.8 Å². The molecule has 5 nitrogen and oxygen atoms in total. The molecule has 1 aromatic carbocycles. The number of hydrogen-bond acceptors (Lipinski definition) is 6. The fraction of sp³-hybridized carbons (Fsp3) is 0.385. The lowest BCUT2D eigenvalue weighted by atomic mass is 10.2. The van der Waals surface area contributed by atoms with Crippen molar-refractivity contribution in [3.8, 4) is 10.9 Å². The molecule has 0 spiro atoms. The number of ether oxygens (including phenoxy) is 1. The van der Waals surface area contributed by atoms with Crippen LogP contribution in [0.3, 0.4) is 0 Å². The molecular weight excluding hydrogens is 260 g/mol. The summed E-state index contributed by atoms with van der Waals surface area (Å²) in [5.74, 6) is 1.69. The summed E-state index contributed by atoms with van der Waals surface area (Å²) in [6.07, 6.45) is 0. The predicted octanol–water partition coefficient (Wildman–Crippen LogP) is 3.10. The highest BCUT2D eigenvalue weighted by Gasteiger charge is 2.11. The molecule has 0 unspecified atom stereocenters. The fourth-order valence-electron chi connectivity index (χ4n) is 1.48. The highest BCUT2D eigenvalue weighted by molar-refractivity contribution is 7.07. The van der Waals surface area contributed by atoms with E-state index in [2.05, 4.69) is 9.36 Å². The summed E-state index contributed by atoms with van der Waals surface area (Å²) in [5, 5.41) is 0.520. The van der Waals surface area contributed by atoms with Crippen molar-refractivity contribution in [3.63, 3.8) is 0 Å². The summed E-state index contributed by atoms with van der Waals surface area (Å²) in [7, 11) is 3.94. The van der Waals surface area contributed by atoms with Crippen molar-refractivity contribution in [2.75, 3.05) is 24.7 Å². The van der Waals surface area contributed by atoms with Crippen molar-refractivity contribution in [2.24, 2.45) is 0 Å². The standard InChI is InChI=1S/C13H18N4OS/c1-8(2)12-15-13(19-16-12)18-11-7-9(17(3)4)5-6-10(11)14/h5-8H,14H2,1-4H3. The van der Waals surface area contributed by atoms with Crippen molar-refractivity contribution in [2.45, 2.75) is 19.8 Å². The largest absolute Gasteiger partial charge is 0.428 e. The Hall–Kier alpha value is -1.82. The molecule has 0 amide bonds. The maximum atomic E-state index is 5.92. The molecule has 0 radical (unpaired) electrons. The molecule has 0 atom stereocenters. The highest BCUT2D eigenvalue weighted by Crippen LogP contribution is 2.32. The Kier molecular flexibility index (Phi) is 3.90. The molecule has 0 aliphatic rings. The van der Waals surface area contributed by atoms with E-state index in [9.17, 15) is 0 Å². The molecule has 1 aromatic heterocycles. The van der Waals surface area contributed by atoms with Crippen LogP contribution in [0.5, 0.6) is 10.9 Å². The molecule has 2 rings (SSSR count). The molecule has 0 saturated heterocycles. The van der Waals surface area contributed by atoms with Crippen LogP contribution in [0.1, 0.15) is 25.6 Å². The van der Waals surface area contributed by atoms with E-state index in [0.717, 1.165) is 11.5 Å². The summed E-state index contributed by atoms with van der Waals surface area (Å²) in [6.45, 7) is 4.10. The first-order chi connectivity index (χ1) is 8.97. The molecule has 2 N–H and O–H groups in total. The first-order valence-electron chi connectivity index (χ1n) is 6.05. The van der Waals surface area contributed by atoms with E-state index in [1.807, 2.05) is 51.0 Å². The molecule has 19 heavy (non-hydrogen) atoms. The van der Waals surface area contributed by atoms with Gasteiger partial charge in [-0.15, -0.1) is 0 Å². The van der Waals surface area contributed by atoms with Crippen LogP contribution >= 0.6 is 11.5 Å². The summed E-state index contributed by atoms with van der Waals surface area (Å²) < 4.78 is 9.98. The van der Waals surface area contributed by atoms with E-state index in [1.165, 1.54) is 11.5 Å². The van der Waals surface area contributed by atoms with Crippen LogP contribution < -0.4 is 15.4 Å². The SMILES string of the molecule is CC(C)c1nsc(Oc2cc(N(C)C)ccc2N)n1. The Labute approximate surface area is 117 Å². The third-order valence-corrected chi connectivity index (χ3v) is 3.26. The van der Waals surface area contributed by atoms with Crippen molar-refractivity contribution in [1.29, 1.82) is 0 Å². The molecule has 102 valence electrons. The lowest BCUT2D eigenvalue weighted by molar-refractivity contribution is 0.478. The molecular formula is C13H18N4OS. The maximum absolute atomic E-state index is 5.92. The zero-order valence-electron chi connectivity index (χ0n) is 11.5. The van der Waals surface area contributed by atoms with Crippen molar-refractivity contribution < 1.29 is 4.74 Å². The first-order valence-corrected chi connectivity index (χ1v) is 6.83. The molecule has 0 bridgehead atoms. The van der Waals surface area contributed by atoms with Gasteiger partial charge in [0.15, 0.2) is 5.75 Å². The van der Waals surface area contributed by atoms with E-state index >= 15 is 0 Å². The van der Waals surface area contributed by atoms with Gasteiger partial charge < -0.3 is 15.4 Å². The van der Waals surface area contributed by atoms with Crippen LogP contribution in [-0.4, -0.2) is 23.5 Å². The average Bonchev–Trinajstić information content (AvgIpc) is 2.80. The van der Waals surface area contributed by atoms with Crippen molar-refractivity contribution >= 4 is 22.9 Å². The van der Waals surface area contributed by atoms with Crippen LogP contribution in [0.2, 0.25) is 0 Å². The van der Waals surface area contributed by atoms with E-state index < -0.39 is 0 Å². The second kappa shape index (κ2) is 5.44. The molecule has 0 aliphatic carbocycles. The van der Waals surface area contributed by atoms with Gasteiger partial charge in [-0.05, 0) is 12.1 Å². The number of nitrogen functional groups attached to an aromatic ring is 1. The fourth-order valence-corrected chi connectivity index (χ4v) is 2.16. The monoisotopic (exact) mass is 278 g/mol. The van der Waals surface area contributed by atoms with Crippen LogP contribution in [-0.2, 0) is 0 Å². The van der Waals surface area contributed by atoms with Crippen LogP contribution in [0.15, 0.2) is 18.2 Å². The van der Waals surface area contributed by atoms with Gasteiger partial charge in [0.05, 0.1) is 5.69 Å². The lowest BCUT2D eigenvalue weighted by Gasteiger charge is -2.14. The van der Waals surface area contributed by atoms with E-state index in [0.29, 0.717) is 22.5 Å². The Morgan fingerprint density at radius 2 is 2.05 bits per heavy atom. The smallest absolute Gasteiger partial charge is 0.298 e. The van der Waals surface area contributed by atoms with Crippen molar-refractivity contribution in [3.05, 3.63) is 24.0 Å². The molecule has 0 aliphatic heterocycles. The minimum atomic E-state index is 0.291. The number of anilines is 2. The third kappa shape index (κ3) is 3.14. The number of benzene rings is 1. The summed E-state index contributed by atoms with van der Waals surface area (Å²) in [6, 6.07) is 5.67. The first kappa shape index (κ1) is 13.6. The van der Waals surface area contributed by atoms with Gasteiger partial charge in [-0.3, -0.25) is 0 Å². The van der Waals surface area contributed by atoms with Gasteiger partial charge in [-0.2, -0.15) is 9.36 Å². The minimum Gasteiger partial charge on any atom is -0.428 e. The van der Waals surface area contributed by atoms with Gasteiger partial charge in [0.2, 0.25) is 0 Å². The topological polar surface area (TPSA) is 64.3 Å². The Morgan fingerprint density at radius 3 is 2.63 bits per heavy atom. The zero-order chi connectivity index (χ0) is 14.0. The van der Waals surface area contributed by atoms with Gasteiger partial charge in [0.25, 0.3) is 5.19 Å². The molecule has 1 heterocycles. The predicted molar refractivity (Wildman–Crippen MR) is 79.3 cm³/mol. The molecule has 2 aromatic rings. The molecule has 0 fully saturated rings.